The standard InChI is InChI=1S/C11H16O.C2H6/c1-4-11(12-3)10-7-5-6-9(2)8-10;1-2/h4,6,8H,5,7H2,1-3H3;1-2H3/b11-4+;. The second-order valence-corrected chi connectivity index (χ2v) is 3.01. The lowest BCUT2D eigenvalue weighted by atomic mass is 9.99. The molecule has 0 unspecified atom stereocenters. The molecule has 0 aliphatic heterocycles. The van der Waals surface area contributed by atoms with E-state index in [1.54, 1.807) is 7.11 Å². The van der Waals surface area contributed by atoms with Crippen LogP contribution in [0, 0.1) is 0 Å². The first kappa shape index (κ1) is 13.0. The second-order valence-electron chi connectivity index (χ2n) is 3.01. The summed E-state index contributed by atoms with van der Waals surface area (Å²) in [7, 11) is 1.73. The quantitative estimate of drug-likeness (QED) is 0.598. The Morgan fingerprint density at radius 1 is 1.43 bits per heavy atom. The normalized spacial score (nSPS) is 16.2. The van der Waals surface area contributed by atoms with Gasteiger partial charge in [-0.2, -0.15) is 0 Å². The lowest BCUT2D eigenvalue weighted by molar-refractivity contribution is 0.297. The topological polar surface area (TPSA) is 9.23 Å². The van der Waals surface area contributed by atoms with Crippen molar-refractivity contribution in [3.8, 4) is 0 Å². The van der Waals surface area contributed by atoms with E-state index < -0.39 is 0 Å². The highest BCUT2D eigenvalue weighted by Crippen LogP contribution is 2.23. The van der Waals surface area contributed by atoms with Crippen LogP contribution in [0.15, 0.2) is 35.1 Å². The highest BCUT2D eigenvalue weighted by atomic mass is 16.5. The number of ether oxygens (including phenoxy) is 1. The van der Waals surface area contributed by atoms with Gasteiger partial charge in [-0.15, -0.1) is 0 Å². The fourth-order valence-corrected chi connectivity index (χ4v) is 1.49. The maximum Gasteiger partial charge on any atom is 0.117 e. The van der Waals surface area contributed by atoms with Gasteiger partial charge in [-0.05, 0) is 38.3 Å². The van der Waals surface area contributed by atoms with Gasteiger partial charge in [0.25, 0.3) is 0 Å². The van der Waals surface area contributed by atoms with E-state index in [0.29, 0.717) is 0 Å². The predicted octanol–water partition coefficient (Wildman–Crippen LogP) is 4.23. The summed E-state index contributed by atoms with van der Waals surface area (Å²) in [6.45, 7) is 8.13. The third kappa shape index (κ3) is 3.82. The van der Waals surface area contributed by atoms with Gasteiger partial charge in [-0.25, -0.2) is 0 Å². The van der Waals surface area contributed by atoms with E-state index in [1.165, 1.54) is 11.1 Å². The molecule has 0 aromatic carbocycles. The molecule has 0 N–H and O–H groups in total. The van der Waals surface area contributed by atoms with E-state index in [-0.39, 0.29) is 0 Å². The molecule has 1 aliphatic rings. The maximum absolute atomic E-state index is 5.25. The maximum atomic E-state index is 5.25. The number of hydrogen-bond acceptors (Lipinski definition) is 1. The zero-order chi connectivity index (χ0) is 11.0. The molecule has 0 amide bonds. The smallest absolute Gasteiger partial charge is 0.117 e. The summed E-state index contributed by atoms with van der Waals surface area (Å²) in [5.74, 6) is 1.02. The van der Waals surface area contributed by atoms with Crippen molar-refractivity contribution in [3.63, 3.8) is 0 Å². The van der Waals surface area contributed by atoms with Crippen molar-refractivity contribution in [2.75, 3.05) is 7.11 Å². The lowest BCUT2D eigenvalue weighted by Gasteiger charge is -2.13. The third-order valence-electron chi connectivity index (χ3n) is 2.08. The monoisotopic (exact) mass is 194 g/mol. The molecule has 0 saturated heterocycles. The van der Waals surface area contributed by atoms with Gasteiger partial charge < -0.3 is 4.74 Å². The molecular weight excluding hydrogens is 172 g/mol. The van der Waals surface area contributed by atoms with Crippen LogP contribution >= 0.6 is 0 Å². The van der Waals surface area contributed by atoms with Crippen LogP contribution in [0.25, 0.3) is 0 Å². The molecule has 0 fully saturated rings. The summed E-state index contributed by atoms with van der Waals surface area (Å²) in [6, 6.07) is 0. The number of allylic oxidation sites excluding steroid dienone is 5. The minimum absolute atomic E-state index is 1.02. The molecule has 1 aliphatic carbocycles. The fraction of sp³-hybridized carbons (Fsp3) is 0.538. The summed E-state index contributed by atoms with van der Waals surface area (Å²) >= 11 is 0. The average molecular weight is 194 g/mol. The van der Waals surface area contributed by atoms with Gasteiger partial charge in [0.2, 0.25) is 0 Å². The first-order chi connectivity index (χ1) is 6.77. The molecule has 1 rings (SSSR count). The molecule has 0 bridgehead atoms. The number of hydrogen-bond donors (Lipinski definition) is 0. The van der Waals surface area contributed by atoms with Crippen LogP contribution in [-0.4, -0.2) is 7.11 Å². The van der Waals surface area contributed by atoms with Gasteiger partial charge in [-0.3, -0.25) is 0 Å². The van der Waals surface area contributed by atoms with Crippen molar-refractivity contribution < 1.29 is 4.74 Å². The van der Waals surface area contributed by atoms with Gasteiger partial charge in [0, 0.05) is 0 Å². The van der Waals surface area contributed by atoms with Crippen LogP contribution in [-0.2, 0) is 4.74 Å². The van der Waals surface area contributed by atoms with Crippen LogP contribution in [0.5, 0.6) is 0 Å². The Hall–Kier alpha value is -0.980. The van der Waals surface area contributed by atoms with Crippen molar-refractivity contribution in [2.45, 2.75) is 40.5 Å². The van der Waals surface area contributed by atoms with E-state index in [1.807, 2.05) is 26.8 Å². The lowest BCUT2D eigenvalue weighted by Crippen LogP contribution is -1.96. The van der Waals surface area contributed by atoms with E-state index >= 15 is 0 Å². The second kappa shape index (κ2) is 7.43. The first-order valence-electron chi connectivity index (χ1n) is 5.36. The van der Waals surface area contributed by atoms with E-state index in [4.69, 9.17) is 4.74 Å². The fourth-order valence-electron chi connectivity index (χ4n) is 1.49. The van der Waals surface area contributed by atoms with Crippen molar-refractivity contribution >= 4 is 0 Å². The third-order valence-corrected chi connectivity index (χ3v) is 2.08. The Kier molecular flexibility index (Phi) is 6.91. The molecule has 0 spiro atoms. The van der Waals surface area contributed by atoms with Crippen LogP contribution in [0.2, 0.25) is 0 Å². The Labute approximate surface area is 88.2 Å². The summed E-state index contributed by atoms with van der Waals surface area (Å²) < 4.78 is 5.25. The molecule has 0 aromatic heterocycles. The molecular formula is C13H22O. The van der Waals surface area contributed by atoms with E-state index in [9.17, 15) is 0 Å². The van der Waals surface area contributed by atoms with Gasteiger partial charge in [-0.1, -0.05) is 31.6 Å². The van der Waals surface area contributed by atoms with E-state index in [0.717, 1.165) is 18.6 Å². The van der Waals surface area contributed by atoms with E-state index in [2.05, 4.69) is 19.1 Å². The largest absolute Gasteiger partial charge is 0.497 e. The Bertz CT molecular complexity index is 244. The molecule has 0 saturated carbocycles. The highest BCUT2D eigenvalue weighted by Gasteiger charge is 2.06. The predicted molar refractivity (Wildman–Crippen MR) is 63.2 cm³/mol. The van der Waals surface area contributed by atoms with Crippen molar-refractivity contribution in [1.29, 1.82) is 0 Å². The van der Waals surface area contributed by atoms with Crippen molar-refractivity contribution in [1.82, 2.24) is 0 Å². The Morgan fingerprint density at radius 2 is 2.07 bits per heavy atom. The van der Waals surface area contributed by atoms with Crippen molar-refractivity contribution in [2.24, 2.45) is 0 Å². The van der Waals surface area contributed by atoms with Gasteiger partial charge in [0.05, 0.1) is 7.11 Å². The van der Waals surface area contributed by atoms with Gasteiger partial charge in [0.15, 0.2) is 0 Å². The number of rotatable bonds is 2. The zero-order valence-electron chi connectivity index (χ0n) is 10.1. The first-order valence-corrected chi connectivity index (χ1v) is 5.36. The Morgan fingerprint density at radius 3 is 2.50 bits per heavy atom. The molecule has 0 heterocycles. The minimum Gasteiger partial charge on any atom is -0.497 e. The van der Waals surface area contributed by atoms with Crippen LogP contribution < -0.4 is 0 Å². The molecule has 1 nitrogen and oxygen atoms in total. The summed E-state index contributed by atoms with van der Waals surface area (Å²) in [6.07, 6.45) is 8.71. The van der Waals surface area contributed by atoms with Crippen LogP contribution in [0.1, 0.15) is 40.5 Å². The molecule has 0 aromatic rings. The highest BCUT2D eigenvalue weighted by molar-refractivity contribution is 5.36. The van der Waals surface area contributed by atoms with Gasteiger partial charge >= 0.3 is 0 Å². The van der Waals surface area contributed by atoms with Crippen LogP contribution in [0.4, 0.5) is 0 Å². The van der Waals surface area contributed by atoms with Gasteiger partial charge in [0.1, 0.15) is 5.76 Å². The minimum atomic E-state index is 1.02. The molecule has 80 valence electrons. The van der Waals surface area contributed by atoms with Crippen LogP contribution in [0.3, 0.4) is 0 Å². The molecule has 1 heteroatoms. The average Bonchev–Trinajstić information content (AvgIpc) is 2.23. The Balaban J connectivity index is 0.000000791. The molecule has 14 heavy (non-hydrogen) atoms. The SMILES string of the molecule is C/C=C(/OC)C1=CC(C)=CCC1.CC. The summed E-state index contributed by atoms with van der Waals surface area (Å²) in [4.78, 5) is 0. The number of methoxy groups -OCH3 is 1. The zero-order valence-corrected chi connectivity index (χ0v) is 10.1. The molecule has 0 atom stereocenters. The molecule has 0 radical (unpaired) electrons. The summed E-state index contributed by atoms with van der Waals surface area (Å²) in [5.41, 5.74) is 2.66. The summed E-state index contributed by atoms with van der Waals surface area (Å²) in [5, 5.41) is 0. The van der Waals surface area contributed by atoms with Crippen molar-refractivity contribution in [3.05, 3.63) is 35.1 Å².